The van der Waals surface area contributed by atoms with Gasteiger partial charge in [-0.2, -0.15) is 0 Å². The van der Waals surface area contributed by atoms with Crippen LogP contribution in [0.5, 0.6) is 0 Å². The van der Waals surface area contributed by atoms with Gasteiger partial charge in [-0.3, -0.25) is 4.79 Å². The monoisotopic (exact) mass is 403 g/mol. The summed E-state index contributed by atoms with van der Waals surface area (Å²) in [5, 5.41) is 14.8. The van der Waals surface area contributed by atoms with Crippen LogP contribution in [0.2, 0.25) is 5.02 Å². The summed E-state index contributed by atoms with van der Waals surface area (Å²) < 4.78 is 2.56. The lowest BCUT2D eigenvalue weighted by atomic mass is 10.1. The van der Waals surface area contributed by atoms with E-state index in [4.69, 9.17) is 11.6 Å². The molecule has 120 valence electrons. The Morgan fingerprint density at radius 2 is 1.96 bits per heavy atom. The summed E-state index contributed by atoms with van der Waals surface area (Å²) in [6.07, 6.45) is 1.30. The molecule has 0 radical (unpaired) electrons. The average Bonchev–Trinajstić information content (AvgIpc) is 3.05. The zero-order valence-corrected chi connectivity index (χ0v) is 14.5. The van der Waals surface area contributed by atoms with Crippen LogP contribution in [0, 0.1) is 0 Å². The molecule has 1 aliphatic heterocycles. The SMILES string of the molecule is O=C1NC(c2cn(-c3ccccc3Br)nn2)Nc2cccc(Cl)c21. The van der Waals surface area contributed by atoms with Gasteiger partial charge in [-0.25, -0.2) is 4.68 Å². The molecular formula is C16H11BrClN5O. The van der Waals surface area contributed by atoms with Crippen LogP contribution in [0.15, 0.2) is 53.1 Å². The Morgan fingerprint density at radius 1 is 1.12 bits per heavy atom. The molecule has 6 nitrogen and oxygen atoms in total. The summed E-state index contributed by atoms with van der Waals surface area (Å²) in [5.41, 5.74) is 2.58. The minimum Gasteiger partial charge on any atom is -0.359 e. The summed E-state index contributed by atoms with van der Waals surface area (Å²) >= 11 is 9.58. The number of anilines is 1. The van der Waals surface area contributed by atoms with E-state index in [0.717, 1.165) is 10.2 Å². The van der Waals surface area contributed by atoms with Gasteiger partial charge < -0.3 is 10.6 Å². The van der Waals surface area contributed by atoms with Gasteiger partial charge in [-0.1, -0.05) is 35.0 Å². The van der Waals surface area contributed by atoms with Crippen molar-refractivity contribution in [3.63, 3.8) is 0 Å². The molecule has 3 aromatic rings. The number of aromatic nitrogens is 3. The van der Waals surface area contributed by atoms with Gasteiger partial charge in [0.25, 0.3) is 5.91 Å². The molecule has 1 amide bonds. The molecule has 1 aromatic heterocycles. The predicted molar refractivity (Wildman–Crippen MR) is 94.3 cm³/mol. The number of nitrogens with one attached hydrogen (secondary N) is 2. The van der Waals surface area contributed by atoms with Gasteiger partial charge in [0, 0.05) is 4.47 Å². The number of carbonyl (C=O) groups is 1. The first-order valence-electron chi connectivity index (χ1n) is 7.16. The number of halogens is 2. The van der Waals surface area contributed by atoms with Crippen LogP contribution in [0.3, 0.4) is 0 Å². The maximum Gasteiger partial charge on any atom is 0.256 e. The lowest BCUT2D eigenvalue weighted by Crippen LogP contribution is -2.38. The number of benzene rings is 2. The van der Waals surface area contributed by atoms with Crippen molar-refractivity contribution in [2.45, 2.75) is 6.17 Å². The van der Waals surface area contributed by atoms with Crippen LogP contribution in [0.1, 0.15) is 22.2 Å². The van der Waals surface area contributed by atoms with Gasteiger partial charge in [0.1, 0.15) is 11.9 Å². The third kappa shape index (κ3) is 2.55. The second-order valence-electron chi connectivity index (χ2n) is 5.25. The van der Waals surface area contributed by atoms with Crippen LogP contribution in [0.4, 0.5) is 5.69 Å². The van der Waals surface area contributed by atoms with E-state index in [9.17, 15) is 4.79 Å². The number of nitrogens with zero attached hydrogens (tertiary/aromatic N) is 3. The largest absolute Gasteiger partial charge is 0.359 e. The second-order valence-corrected chi connectivity index (χ2v) is 6.51. The third-order valence-electron chi connectivity index (χ3n) is 3.72. The third-order valence-corrected chi connectivity index (χ3v) is 4.71. The van der Waals surface area contributed by atoms with Gasteiger partial charge in [-0.05, 0) is 40.2 Å². The van der Waals surface area contributed by atoms with Crippen molar-refractivity contribution in [2.75, 3.05) is 5.32 Å². The highest BCUT2D eigenvalue weighted by molar-refractivity contribution is 9.10. The first kappa shape index (κ1) is 15.2. The molecule has 0 fully saturated rings. The Kier molecular flexibility index (Phi) is 3.74. The fraction of sp³-hybridized carbons (Fsp3) is 0.0625. The smallest absolute Gasteiger partial charge is 0.256 e. The maximum atomic E-state index is 12.3. The number of para-hydroxylation sites is 1. The van der Waals surface area contributed by atoms with E-state index < -0.39 is 6.17 Å². The molecule has 1 unspecified atom stereocenters. The first-order valence-corrected chi connectivity index (χ1v) is 8.33. The number of carbonyl (C=O) groups excluding carboxylic acids is 1. The summed E-state index contributed by atoms with van der Waals surface area (Å²) in [4.78, 5) is 12.3. The van der Waals surface area contributed by atoms with Crippen molar-refractivity contribution in [1.82, 2.24) is 20.3 Å². The topological polar surface area (TPSA) is 71.8 Å². The number of fused-ring (bicyclic) bond motifs is 1. The predicted octanol–water partition coefficient (Wildman–Crippen LogP) is 3.54. The minimum atomic E-state index is -0.472. The van der Waals surface area contributed by atoms with Crippen LogP contribution in [0.25, 0.3) is 5.69 Å². The van der Waals surface area contributed by atoms with E-state index >= 15 is 0 Å². The summed E-state index contributed by atoms with van der Waals surface area (Å²) in [6.45, 7) is 0. The van der Waals surface area contributed by atoms with Gasteiger partial charge in [0.15, 0.2) is 0 Å². The standard InChI is InChI=1S/C16H11BrClN5O/c17-9-4-1-2-7-13(9)23-8-12(21-22-23)15-19-11-6-3-5-10(18)14(11)16(24)20-15/h1-8,15,19H,(H,20,24). The normalized spacial score (nSPS) is 16.2. The molecule has 1 atom stereocenters. The Balaban J connectivity index is 1.67. The number of rotatable bonds is 2. The van der Waals surface area contributed by atoms with E-state index in [2.05, 4.69) is 36.9 Å². The van der Waals surface area contributed by atoms with E-state index in [1.165, 1.54) is 0 Å². The van der Waals surface area contributed by atoms with Crippen molar-refractivity contribution in [3.05, 3.63) is 69.4 Å². The number of amides is 1. The van der Waals surface area contributed by atoms with E-state index in [1.54, 1.807) is 23.0 Å². The van der Waals surface area contributed by atoms with Crippen LogP contribution < -0.4 is 10.6 Å². The molecule has 1 aliphatic rings. The van der Waals surface area contributed by atoms with Gasteiger partial charge in [0.2, 0.25) is 0 Å². The van der Waals surface area contributed by atoms with Gasteiger partial charge in [-0.15, -0.1) is 5.10 Å². The molecule has 8 heteroatoms. The molecule has 2 aromatic carbocycles. The molecule has 0 aliphatic carbocycles. The van der Waals surface area contributed by atoms with Crippen molar-refractivity contribution in [2.24, 2.45) is 0 Å². The van der Waals surface area contributed by atoms with Crippen LogP contribution in [-0.4, -0.2) is 20.9 Å². The maximum absolute atomic E-state index is 12.3. The molecule has 24 heavy (non-hydrogen) atoms. The summed E-state index contributed by atoms with van der Waals surface area (Å²) in [6, 6.07) is 13.0. The first-order chi connectivity index (χ1) is 11.6. The molecule has 0 bridgehead atoms. The van der Waals surface area contributed by atoms with Crippen LogP contribution in [-0.2, 0) is 0 Å². The van der Waals surface area contributed by atoms with E-state index in [0.29, 0.717) is 22.0 Å². The van der Waals surface area contributed by atoms with E-state index in [1.807, 2.05) is 30.3 Å². The molecule has 0 saturated carbocycles. The number of hydrogen-bond acceptors (Lipinski definition) is 4. The highest BCUT2D eigenvalue weighted by Gasteiger charge is 2.28. The summed E-state index contributed by atoms with van der Waals surface area (Å²) in [5.74, 6) is -0.241. The van der Waals surface area contributed by atoms with Crippen molar-refractivity contribution in [1.29, 1.82) is 0 Å². The molecule has 2 heterocycles. The lowest BCUT2D eigenvalue weighted by molar-refractivity contribution is 0.0935. The highest BCUT2D eigenvalue weighted by Crippen LogP contribution is 2.31. The minimum absolute atomic E-state index is 0.241. The van der Waals surface area contributed by atoms with Crippen molar-refractivity contribution >= 4 is 39.1 Å². The van der Waals surface area contributed by atoms with Crippen molar-refractivity contribution < 1.29 is 4.79 Å². The quantitative estimate of drug-likeness (QED) is 0.685. The molecule has 0 saturated heterocycles. The van der Waals surface area contributed by atoms with Gasteiger partial charge in [0.05, 0.1) is 28.2 Å². The Labute approximate surface area is 150 Å². The Morgan fingerprint density at radius 3 is 2.79 bits per heavy atom. The Hall–Kier alpha value is -2.38. The molecular weight excluding hydrogens is 394 g/mol. The molecule has 0 spiro atoms. The Bertz CT molecular complexity index is 942. The average molecular weight is 405 g/mol. The zero-order chi connectivity index (χ0) is 16.7. The fourth-order valence-corrected chi connectivity index (χ4v) is 3.31. The second kappa shape index (κ2) is 5.92. The number of hydrogen-bond donors (Lipinski definition) is 2. The zero-order valence-electron chi connectivity index (χ0n) is 12.2. The van der Waals surface area contributed by atoms with E-state index in [-0.39, 0.29) is 5.91 Å². The van der Waals surface area contributed by atoms with Crippen molar-refractivity contribution in [3.8, 4) is 5.69 Å². The highest BCUT2D eigenvalue weighted by atomic mass is 79.9. The van der Waals surface area contributed by atoms with Crippen LogP contribution >= 0.6 is 27.5 Å². The van der Waals surface area contributed by atoms with Gasteiger partial charge >= 0.3 is 0 Å². The lowest BCUT2D eigenvalue weighted by Gasteiger charge is -2.26. The summed E-state index contributed by atoms with van der Waals surface area (Å²) in [7, 11) is 0. The molecule has 4 rings (SSSR count). The molecule has 2 N–H and O–H groups in total. The fourth-order valence-electron chi connectivity index (χ4n) is 2.58.